The van der Waals surface area contributed by atoms with Gasteiger partial charge in [0.25, 0.3) is 0 Å². The maximum atomic E-state index is 10.6. The van der Waals surface area contributed by atoms with Gasteiger partial charge in [-0.25, -0.2) is 4.98 Å². The quantitative estimate of drug-likeness (QED) is 0.663. The van der Waals surface area contributed by atoms with E-state index in [9.17, 15) is 5.11 Å². The minimum Gasteiger partial charge on any atom is -0.507 e. The third kappa shape index (κ3) is 4.54. The standard InChI is InChI=1S/C23H31N7O/c1-22(2)10-17(11-23(3,4)28-22)30(6)20-13-24-21(27-26-20)18-8-7-15(9-19(18)31)16-12-25-29(5)14-16/h7-9,12-14,17,28,31H,10-11H2,1-6H3/i5D3. The first-order valence-electron chi connectivity index (χ1n) is 11.8. The highest BCUT2D eigenvalue weighted by molar-refractivity contribution is 5.72. The van der Waals surface area contributed by atoms with Crippen molar-refractivity contribution in [2.24, 2.45) is 6.98 Å². The largest absolute Gasteiger partial charge is 0.507 e. The number of piperidine rings is 1. The lowest BCUT2D eigenvalue weighted by Gasteiger charge is -2.49. The molecule has 1 saturated heterocycles. The van der Waals surface area contributed by atoms with Crippen LogP contribution in [0.1, 0.15) is 44.6 Å². The van der Waals surface area contributed by atoms with Gasteiger partial charge in [-0.15, -0.1) is 10.2 Å². The minimum absolute atomic E-state index is 0.00893. The van der Waals surface area contributed by atoms with E-state index in [1.54, 1.807) is 24.4 Å². The van der Waals surface area contributed by atoms with Gasteiger partial charge in [0.15, 0.2) is 11.6 Å². The fourth-order valence-corrected chi connectivity index (χ4v) is 4.66. The number of aryl methyl sites for hydroxylation is 1. The zero-order chi connectivity index (χ0) is 24.9. The van der Waals surface area contributed by atoms with Gasteiger partial charge in [-0.3, -0.25) is 4.68 Å². The fraction of sp³-hybridized carbons (Fsp3) is 0.478. The van der Waals surface area contributed by atoms with Gasteiger partial charge in [-0.2, -0.15) is 5.10 Å². The van der Waals surface area contributed by atoms with Gasteiger partial charge in [0.1, 0.15) is 5.75 Å². The number of nitrogens with one attached hydrogen (secondary N) is 1. The average molecular weight is 425 g/mol. The summed E-state index contributed by atoms with van der Waals surface area (Å²) < 4.78 is 23.2. The van der Waals surface area contributed by atoms with Crippen molar-refractivity contribution in [3.8, 4) is 28.3 Å². The van der Waals surface area contributed by atoms with Gasteiger partial charge >= 0.3 is 0 Å². The topological polar surface area (TPSA) is 92.0 Å². The van der Waals surface area contributed by atoms with Crippen LogP contribution in [0.3, 0.4) is 0 Å². The summed E-state index contributed by atoms with van der Waals surface area (Å²) in [5, 5.41) is 26.8. The smallest absolute Gasteiger partial charge is 0.185 e. The number of aromatic nitrogens is 5. The number of benzene rings is 1. The molecule has 164 valence electrons. The van der Waals surface area contributed by atoms with Crippen LogP contribution >= 0.6 is 0 Å². The second-order valence-electron chi connectivity index (χ2n) is 9.61. The molecule has 0 saturated carbocycles. The number of nitrogens with zero attached hydrogens (tertiary/aromatic N) is 6. The van der Waals surface area contributed by atoms with Crippen LogP contribution in [-0.4, -0.2) is 54.2 Å². The van der Waals surface area contributed by atoms with E-state index in [2.05, 4.69) is 58.2 Å². The Balaban J connectivity index is 1.53. The molecule has 8 heteroatoms. The van der Waals surface area contributed by atoms with E-state index in [-0.39, 0.29) is 22.9 Å². The molecule has 8 nitrogen and oxygen atoms in total. The van der Waals surface area contributed by atoms with Crippen LogP contribution < -0.4 is 10.2 Å². The van der Waals surface area contributed by atoms with Crippen molar-refractivity contribution in [2.45, 2.75) is 57.7 Å². The predicted molar refractivity (Wildman–Crippen MR) is 122 cm³/mol. The van der Waals surface area contributed by atoms with Gasteiger partial charge in [-0.05, 0) is 58.2 Å². The third-order valence-electron chi connectivity index (χ3n) is 5.78. The maximum absolute atomic E-state index is 10.6. The van der Waals surface area contributed by atoms with E-state index in [1.165, 1.54) is 12.4 Å². The summed E-state index contributed by atoms with van der Waals surface area (Å²) in [5.41, 5.74) is 1.68. The minimum atomic E-state index is -2.35. The number of hydrogen-bond acceptors (Lipinski definition) is 7. The van der Waals surface area contributed by atoms with Crippen LogP contribution in [0.25, 0.3) is 22.5 Å². The maximum Gasteiger partial charge on any atom is 0.185 e. The number of anilines is 1. The number of rotatable bonds is 4. The van der Waals surface area contributed by atoms with E-state index in [4.69, 9.17) is 4.11 Å². The molecule has 1 aliphatic rings. The average Bonchev–Trinajstić information content (AvgIpc) is 3.22. The Kier molecular flexibility index (Phi) is 4.33. The second kappa shape index (κ2) is 7.60. The molecular formula is C23H31N7O. The van der Waals surface area contributed by atoms with Crippen LogP contribution in [-0.2, 0) is 6.98 Å². The zero-order valence-corrected chi connectivity index (χ0v) is 18.6. The third-order valence-corrected chi connectivity index (χ3v) is 5.78. The molecule has 3 heterocycles. The van der Waals surface area contributed by atoms with Crippen molar-refractivity contribution < 1.29 is 9.22 Å². The molecule has 0 amide bonds. The van der Waals surface area contributed by atoms with Crippen molar-refractivity contribution in [1.29, 1.82) is 0 Å². The van der Waals surface area contributed by atoms with Crippen LogP contribution in [0, 0.1) is 0 Å². The number of aromatic hydroxyl groups is 1. The molecule has 1 fully saturated rings. The van der Waals surface area contributed by atoms with Gasteiger partial charge in [0, 0.05) is 47.0 Å². The molecule has 31 heavy (non-hydrogen) atoms. The van der Waals surface area contributed by atoms with Crippen molar-refractivity contribution in [2.75, 3.05) is 11.9 Å². The van der Waals surface area contributed by atoms with Gasteiger partial charge in [0.2, 0.25) is 0 Å². The van der Waals surface area contributed by atoms with Gasteiger partial charge in [-0.1, -0.05) is 6.07 Å². The van der Waals surface area contributed by atoms with Crippen LogP contribution in [0.15, 0.2) is 36.8 Å². The van der Waals surface area contributed by atoms with Crippen LogP contribution in [0.2, 0.25) is 0 Å². The molecule has 4 rings (SSSR count). The summed E-state index contributed by atoms with van der Waals surface area (Å²) >= 11 is 0. The molecule has 1 aliphatic heterocycles. The lowest BCUT2D eigenvalue weighted by atomic mass is 9.79. The van der Waals surface area contributed by atoms with E-state index < -0.39 is 6.98 Å². The SMILES string of the molecule is [2H]C([2H])([2H])n1cc(-c2ccc(-c3ncc(N(C)C4CC(C)(C)NC(C)(C)C4)nn3)c(O)c2)cn1. The summed E-state index contributed by atoms with van der Waals surface area (Å²) in [6.45, 7) is 6.49. The van der Waals surface area contributed by atoms with E-state index in [1.807, 2.05) is 7.05 Å². The van der Waals surface area contributed by atoms with Gasteiger partial charge in [0.05, 0.1) is 18.0 Å². The first-order valence-corrected chi connectivity index (χ1v) is 10.3. The normalized spacial score (nSPS) is 20.0. The van der Waals surface area contributed by atoms with Crippen LogP contribution in [0.4, 0.5) is 5.82 Å². The Bertz CT molecular complexity index is 1160. The fourth-order valence-electron chi connectivity index (χ4n) is 4.66. The lowest BCUT2D eigenvalue weighted by molar-refractivity contribution is 0.160. The number of phenols is 1. The molecule has 0 bridgehead atoms. The summed E-state index contributed by atoms with van der Waals surface area (Å²) in [5.74, 6) is 0.963. The molecule has 0 spiro atoms. The first kappa shape index (κ1) is 17.7. The summed E-state index contributed by atoms with van der Waals surface area (Å²) in [4.78, 5) is 6.58. The molecule has 1 aromatic carbocycles. The molecule has 0 unspecified atom stereocenters. The Hall–Kier alpha value is -3.00. The van der Waals surface area contributed by atoms with Crippen molar-refractivity contribution in [3.63, 3.8) is 0 Å². The molecular weight excluding hydrogens is 390 g/mol. The molecule has 2 N–H and O–H groups in total. The highest BCUT2D eigenvalue weighted by Crippen LogP contribution is 2.34. The molecule has 2 aromatic heterocycles. The Labute approximate surface area is 187 Å². The molecule has 0 aliphatic carbocycles. The van der Waals surface area contributed by atoms with E-state index in [0.717, 1.165) is 17.5 Å². The zero-order valence-electron chi connectivity index (χ0n) is 21.6. The van der Waals surface area contributed by atoms with Gasteiger partial charge < -0.3 is 15.3 Å². The highest BCUT2D eigenvalue weighted by atomic mass is 16.3. The Morgan fingerprint density at radius 3 is 2.45 bits per heavy atom. The van der Waals surface area contributed by atoms with Crippen molar-refractivity contribution in [3.05, 3.63) is 36.8 Å². The number of phenolic OH excluding ortho intramolecular Hbond substituents is 1. The number of hydrogen-bond donors (Lipinski definition) is 2. The van der Waals surface area contributed by atoms with Crippen LogP contribution in [0.5, 0.6) is 5.75 Å². The van der Waals surface area contributed by atoms with E-state index >= 15 is 0 Å². The first-order chi connectivity index (χ1) is 15.7. The predicted octanol–water partition coefficient (Wildman–Crippen LogP) is 3.39. The lowest BCUT2D eigenvalue weighted by Crippen LogP contribution is -2.62. The molecule has 0 radical (unpaired) electrons. The Morgan fingerprint density at radius 2 is 1.87 bits per heavy atom. The van der Waals surface area contributed by atoms with Crippen molar-refractivity contribution in [1.82, 2.24) is 30.3 Å². The highest BCUT2D eigenvalue weighted by Gasteiger charge is 2.39. The second-order valence-corrected chi connectivity index (χ2v) is 9.61. The summed E-state index contributed by atoms with van der Waals surface area (Å²) in [6.07, 6.45) is 6.49. The van der Waals surface area contributed by atoms with Crippen molar-refractivity contribution >= 4 is 5.82 Å². The Morgan fingerprint density at radius 1 is 1.13 bits per heavy atom. The van der Waals surface area contributed by atoms with E-state index in [0.29, 0.717) is 28.3 Å². The monoisotopic (exact) mass is 424 g/mol. The molecule has 3 aromatic rings. The summed E-state index contributed by atoms with van der Waals surface area (Å²) in [7, 11) is 2.01. The summed E-state index contributed by atoms with van der Waals surface area (Å²) in [6, 6.07) is 5.28. The molecule has 0 atom stereocenters.